The minimum Gasteiger partial charge on any atom is -0.302 e. The molecule has 0 atom stereocenters. The van der Waals surface area contributed by atoms with E-state index in [9.17, 15) is 8.42 Å². The highest BCUT2D eigenvalue weighted by Gasteiger charge is 2.42. The lowest BCUT2D eigenvalue weighted by atomic mass is 9.63. The molecular formula is C16H22ClNO3S. The lowest BCUT2D eigenvalue weighted by Crippen LogP contribution is -2.55. The summed E-state index contributed by atoms with van der Waals surface area (Å²) in [6.45, 7) is 3.20. The van der Waals surface area contributed by atoms with Crippen molar-refractivity contribution in [2.45, 2.75) is 24.7 Å². The monoisotopic (exact) mass is 343 g/mol. The van der Waals surface area contributed by atoms with Crippen molar-refractivity contribution in [2.24, 2.45) is 5.92 Å². The van der Waals surface area contributed by atoms with Gasteiger partial charge in [-0.05, 0) is 30.5 Å². The largest absolute Gasteiger partial charge is 0.302 e. The van der Waals surface area contributed by atoms with Crippen molar-refractivity contribution in [3.63, 3.8) is 0 Å². The highest BCUT2D eigenvalue weighted by Crippen LogP contribution is 2.45. The zero-order chi connectivity index (χ0) is 15.8. The van der Waals surface area contributed by atoms with E-state index in [0.717, 1.165) is 30.9 Å². The number of nitrogens with zero attached hydrogens (tertiary/aromatic N) is 1. The van der Waals surface area contributed by atoms with Crippen molar-refractivity contribution in [3.8, 4) is 0 Å². The summed E-state index contributed by atoms with van der Waals surface area (Å²) in [5.41, 5.74) is 1.63. The summed E-state index contributed by atoms with van der Waals surface area (Å²) in [5.74, 6) is 0.331. The Labute approximate surface area is 137 Å². The number of likely N-dealkylation sites (tertiary alicyclic amines) is 1. The Bertz CT molecular complexity index is 619. The van der Waals surface area contributed by atoms with Crippen LogP contribution in [0.1, 0.15) is 24.8 Å². The van der Waals surface area contributed by atoms with Crippen LogP contribution in [0.3, 0.4) is 0 Å². The number of halogens is 1. The van der Waals surface area contributed by atoms with Crippen molar-refractivity contribution in [3.05, 3.63) is 34.9 Å². The standard InChI is InChI=1S/C16H22ClNO3S/c1-22(19,20)21-11-13-9-18(10-13)12-16(7-2-8-16)14-3-5-15(17)6-4-14/h3-6,13H,2,7-12H2,1H3. The molecule has 3 rings (SSSR count). The topological polar surface area (TPSA) is 46.6 Å². The highest BCUT2D eigenvalue weighted by atomic mass is 35.5. The normalized spacial score (nSPS) is 22.1. The van der Waals surface area contributed by atoms with E-state index in [-0.39, 0.29) is 5.41 Å². The van der Waals surface area contributed by atoms with Crippen molar-refractivity contribution in [2.75, 3.05) is 32.5 Å². The molecule has 22 heavy (non-hydrogen) atoms. The fraction of sp³-hybridized carbons (Fsp3) is 0.625. The molecule has 1 saturated heterocycles. The highest BCUT2D eigenvalue weighted by molar-refractivity contribution is 7.85. The molecule has 0 bridgehead atoms. The SMILES string of the molecule is CS(=O)(=O)OCC1CN(CC2(c3ccc(Cl)cc3)CCC2)C1. The Kier molecular flexibility index (Phi) is 4.52. The maximum absolute atomic E-state index is 11.0. The average molecular weight is 344 g/mol. The van der Waals surface area contributed by atoms with Crippen LogP contribution in [0.5, 0.6) is 0 Å². The van der Waals surface area contributed by atoms with E-state index >= 15 is 0 Å². The Morgan fingerprint density at radius 2 is 1.91 bits per heavy atom. The van der Waals surface area contributed by atoms with Crippen LogP contribution in [0.2, 0.25) is 5.02 Å². The van der Waals surface area contributed by atoms with Gasteiger partial charge in [-0.2, -0.15) is 8.42 Å². The van der Waals surface area contributed by atoms with E-state index in [0.29, 0.717) is 12.5 Å². The van der Waals surface area contributed by atoms with Crippen LogP contribution in [-0.4, -0.2) is 45.8 Å². The van der Waals surface area contributed by atoms with Gasteiger partial charge < -0.3 is 4.90 Å². The molecule has 0 unspecified atom stereocenters. The van der Waals surface area contributed by atoms with E-state index in [4.69, 9.17) is 15.8 Å². The number of hydrogen-bond donors (Lipinski definition) is 0. The Balaban J connectivity index is 1.54. The molecule has 1 aromatic carbocycles. The van der Waals surface area contributed by atoms with Crippen LogP contribution in [-0.2, 0) is 19.7 Å². The fourth-order valence-corrected chi connectivity index (χ4v) is 4.07. The smallest absolute Gasteiger partial charge is 0.264 e. The van der Waals surface area contributed by atoms with E-state index in [1.54, 1.807) is 0 Å². The molecular weight excluding hydrogens is 322 g/mol. The molecule has 122 valence electrons. The van der Waals surface area contributed by atoms with Crippen molar-refractivity contribution < 1.29 is 12.6 Å². The second-order valence-corrected chi connectivity index (χ2v) is 8.77. The minimum atomic E-state index is -3.32. The van der Waals surface area contributed by atoms with Gasteiger partial charge in [-0.1, -0.05) is 30.2 Å². The molecule has 1 heterocycles. The van der Waals surface area contributed by atoms with Crippen LogP contribution in [0, 0.1) is 5.92 Å². The first-order chi connectivity index (χ1) is 10.4. The zero-order valence-electron chi connectivity index (χ0n) is 12.8. The van der Waals surface area contributed by atoms with Gasteiger partial charge in [0.25, 0.3) is 10.1 Å². The molecule has 0 amide bonds. The first-order valence-electron chi connectivity index (χ1n) is 7.69. The molecule has 1 saturated carbocycles. The number of benzene rings is 1. The maximum Gasteiger partial charge on any atom is 0.264 e. The summed E-state index contributed by atoms with van der Waals surface area (Å²) in [6, 6.07) is 8.22. The molecule has 0 spiro atoms. The summed E-state index contributed by atoms with van der Waals surface area (Å²) in [5, 5.41) is 0.778. The molecule has 6 heteroatoms. The van der Waals surface area contributed by atoms with Crippen LogP contribution < -0.4 is 0 Å². The third kappa shape index (κ3) is 3.65. The number of rotatable bonds is 6. The fourth-order valence-electron chi connectivity index (χ4n) is 3.50. The van der Waals surface area contributed by atoms with E-state index < -0.39 is 10.1 Å². The Hall–Kier alpha value is -0.620. The van der Waals surface area contributed by atoms with Gasteiger partial charge in [-0.3, -0.25) is 4.18 Å². The van der Waals surface area contributed by atoms with Crippen LogP contribution in [0.25, 0.3) is 0 Å². The van der Waals surface area contributed by atoms with Gasteiger partial charge in [0, 0.05) is 36.0 Å². The Morgan fingerprint density at radius 1 is 1.27 bits per heavy atom. The molecule has 1 aliphatic carbocycles. The van der Waals surface area contributed by atoms with Crippen LogP contribution in [0.4, 0.5) is 0 Å². The van der Waals surface area contributed by atoms with E-state index in [1.165, 1.54) is 24.8 Å². The van der Waals surface area contributed by atoms with Crippen molar-refractivity contribution in [1.29, 1.82) is 0 Å². The lowest BCUT2D eigenvalue weighted by Gasteiger charge is -2.50. The van der Waals surface area contributed by atoms with Crippen LogP contribution in [0.15, 0.2) is 24.3 Å². The van der Waals surface area contributed by atoms with Gasteiger partial charge in [0.15, 0.2) is 0 Å². The third-order valence-corrected chi connectivity index (χ3v) is 5.66. The second-order valence-electron chi connectivity index (χ2n) is 6.69. The summed E-state index contributed by atoms with van der Waals surface area (Å²) < 4.78 is 26.9. The molecule has 2 aliphatic rings. The third-order valence-electron chi connectivity index (χ3n) is 4.84. The number of hydrogen-bond acceptors (Lipinski definition) is 4. The maximum atomic E-state index is 11.0. The molecule has 0 radical (unpaired) electrons. The first kappa shape index (κ1) is 16.2. The average Bonchev–Trinajstić information content (AvgIpc) is 2.35. The molecule has 0 aromatic heterocycles. The zero-order valence-corrected chi connectivity index (χ0v) is 14.4. The molecule has 4 nitrogen and oxygen atoms in total. The molecule has 2 fully saturated rings. The van der Waals surface area contributed by atoms with Crippen molar-refractivity contribution >= 4 is 21.7 Å². The van der Waals surface area contributed by atoms with Crippen LogP contribution >= 0.6 is 11.6 Å². The Morgan fingerprint density at radius 3 is 2.41 bits per heavy atom. The summed E-state index contributed by atoms with van der Waals surface area (Å²) in [4.78, 5) is 2.41. The molecule has 1 aromatic rings. The predicted molar refractivity (Wildman–Crippen MR) is 87.7 cm³/mol. The van der Waals surface area contributed by atoms with E-state index in [1.807, 2.05) is 12.1 Å². The summed E-state index contributed by atoms with van der Waals surface area (Å²) >= 11 is 5.98. The quantitative estimate of drug-likeness (QED) is 0.745. The van der Waals surface area contributed by atoms with Gasteiger partial charge in [-0.25, -0.2) is 0 Å². The van der Waals surface area contributed by atoms with Gasteiger partial charge in [0.2, 0.25) is 0 Å². The van der Waals surface area contributed by atoms with E-state index in [2.05, 4.69) is 17.0 Å². The second kappa shape index (κ2) is 6.11. The van der Waals surface area contributed by atoms with Gasteiger partial charge in [0.1, 0.15) is 0 Å². The minimum absolute atomic E-state index is 0.257. The lowest BCUT2D eigenvalue weighted by molar-refractivity contribution is 0.0257. The molecule has 1 aliphatic heterocycles. The van der Waals surface area contributed by atoms with Gasteiger partial charge >= 0.3 is 0 Å². The van der Waals surface area contributed by atoms with Gasteiger partial charge in [-0.15, -0.1) is 0 Å². The summed E-state index contributed by atoms with van der Waals surface area (Å²) in [6.07, 6.45) is 4.82. The predicted octanol–water partition coefficient (Wildman–Crippen LogP) is 2.67. The first-order valence-corrected chi connectivity index (χ1v) is 9.89. The molecule has 0 N–H and O–H groups in total. The van der Waals surface area contributed by atoms with Gasteiger partial charge in [0.05, 0.1) is 12.9 Å². The van der Waals surface area contributed by atoms with Crippen molar-refractivity contribution in [1.82, 2.24) is 4.90 Å². The summed E-state index contributed by atoms with van der Waals surface area (Å²) in [7, 11) is -3.32.